The molecule has 0 aliphatic carbocycles. The summed E-state index contributed by atoms with van der Waals surface area (Å²) in [7, 11) is 5.05. The number of carbonyl (C=O) groups excluding carboxylic acids is 2. The van der Waals surface area contributed by atoms with E-state index in [4.69, 9.17) is 4.74 Å². The summed E-state index contributed by atoms with van der Waals surface area (Å²) >= 11 is 0. The Labute approximate surface area is 143 Å². The van der Waals surface area contributed by atoms with Crippen LogP contribution in [-0.4, -0.2) is 68.5 Å². The normalized spacial score (nSPS) is 18.5. The van der Waals surface area contributed by atoms with Gasteiger partial charge in [0.25, 0.3) is 0 Å². The van der Waals surface area contributed by atoms with Gasteiger partial charge in [0, 0.05) is 39.3 Å². The minimum absolute atomic E-state index is 0.0456. The lowest BCUT2D eigenvalue weighted by Crippen LogP contribution is -2.56. The van der Waals surface area contributed by atoms with Gasteiger partial charge < -0.3 is 15.0 Å². The van der Waals surface area contributed by atoms with Gasteiger partial charge in [-0.2, -0.15) is 0 Å². The number of methoxy groups -OCH3 is 1. The summed E-state index contributed by atoms with van der Waals surface area (Å²) < 4.78 is 5.33. The number of para-hydroxylation sites is 1. The number of hydrogen-bond acceptors (Lipinski definition) is 4. The Morgan fingerprint density at radius 1 is 1.42 bits per heavy atom. The lowest BCUT2D eigenvalue weighted by atomic mass is 10.1. The summed E-state index contributed by atoms with van der Waals surface area (Å²) in [4.78, 5) is 27.6. The third-order valence-electron chi connectivity index (χ3n) is 4.08. The molecule has 0 unspecified atom stereocenters. The predicted octanol–water partition coefficient (Wildman–Crippen LogP) is 0.987. The van der Waals surface area contributed by atoms with Crippen molar-refractivity contribution in [1.29, 1.82) is 0 Å². The summed E-state index contributed by atoms with van der Waals surface area (Å²) in [6, 6.07) is 7.34. The number of rotatable bonds is 6. The molecule has 1 heterocycles. The number of benzene rings is 1. The second kappa shape index (κ2) is 8.49. The summed E-state index contributed by atoms with van der Waals surface area (Å²) in [6.07, 6.45) is 4.18. The molecule has 2 amide bonds. The third-order valence-corrected chi connectivity index (χ3v) is 4.08. The van der Waals surface area contributed by atoms with Crippen LogP contribution in [0.2, 0.25) is 0 Å². The highest BCUT2D eigenvalue weighted by Gasteiger charge is 2.31. The van der Waals surface area contributed by atoms with Crippen molar-refractivity contribution < 1.29 is 14.3 Å². The molecule has 0 bridgehead atoms. The average molecular weight is 331 g/mol. The number of ether oxygens (including phenoxy) is 1. The van der Waals surface area contributed by atoms with Crippen LogP contribution in [0.25, 0.3) is 6.08 Å². The minimum atomic E-state index is -0.420. The maximum atomic E-state index is 12.1. The van der Waals surface area contributed by atoms with Crippen LogP contribution in [0.3, 0.4) is 0 Å². The quantitative estimate of drug-likeness (QED) is 0.844. The highest BCUT2D eigenvalue weighted by molar-refractivity contribution is 5.88. The molecule has 1 fully saturated rings. The van der Waals surface area contributed by atoms with Crippen LogP contribution in [-0.2, 0) is 9.59 Å². The number of hydrogen-bond donors (Lipinski definition) is 1. The van der Waals surface area contributed by atoms with E-state index < -0.39 is 6.04 Å². The van der Waals surface area contributed by atoms with Crippen molar-refractivity contribution in [2.75, 3.05) is 40.8 Å². The van der Waals surface area contributed by atoms with Gasteiger partial charge in [0.15, 0.2) is 0 Å². The van der Waals surface area contributed by atoms with Gasteiger partial charge in [0.05, 0.1) is 19.6 Å². The van der Waals surface area contributed by atoms with Crippen LogP contribution in [0, 0.1) is 0 Å². The van der Waals surface area contributed by atoms with Crippen LogP contribution in [0.5, 0.6) is 5.75 Å². The molecule has 0 radical (unpaired) electrons. The van der Waals surface area contributed by atoms with Crippen molar-refractivity contribution >= 4 is 17.9 Å². The Balaban J connectivity index is 2.04. The van der Waals surface area contributed by atoms with Gasteiger partial charge >= 0.3 is 0 Å². The fourth-order valence-corrected chi connectivity index (χ4v) is 2.67. The first-order valence-electron chi connectivity index (χ1n) is 8.04. The highest BCUT2D eigenvalue weighted by atomic mass is 16.5. The zero-order chi connectivity index (χ0) is 17.5. The van der Waals surface area contributed by atoms with Crippen LogP contribution < -0.4 is 10.1 Å². The molecule has 6 heteroatoms. The van der Waals surface area contributed by atoms with Crippen molar-refractivity contribution in [3.63, 3.8) is 0 Å². The molecule has 0 saturated carbocycles. The molecule has 1 N–H and O–H groups in total. The number of amides is 2. The summed E-state index contributed by atoms with van der Waals surface area (Å²) in [6.45, 7) is 1.94. The Kier molecular flexibility index (Phi) is 6.37. The summed E-state index contributed by atoms with van der Waals surface area (Å²) in [5.74, 6) is 0.683. The second-order valence-corrected chi connectivity index (χ2v) is 5.94. The van der Waals surface area contributed by atoms with E-state index in [1.54, 1.807) is 21.2 Å². The lowest BCUT2D eigenvalue weighted by molar-refractivity contribution is -0.137. The van der Waals surface area contributed by atoms with Crippen LogP contribution >= 0.6 is 0 Å². The van der Waals surface area contributed by atoms with Gasteiger partial charge in [-0.25, -0.2) is 0 Å². The molecule has 1 saturated heterocycles. The van der Waals surface area contributed by atoms with Crippen molar-refractivity contribution in [2.45, 2.75) is 12.5 Å². The first-order valence-corrected chi connectivity index (χ1v) is 8.04. The van der Waals surface area contributed by atoms with E-state index in [1.165, 1.54) is 4.90 Å². The molecule has 0 spiro atoms. The second-order valence-electron chi connectivity index (χ2n) is 5.94. The summed E-state index contributed by atoms with van der Waals surface area (Å²) in [5.41, 5.74) is 0.988. The van der Waals surface area contributed by atoms with Crippen molar-refractivity contribution in [3.05, 3.63) is 35.9 Å². The molecular formula is C18H25N3O3. The Morgan fingerprint density at radius 3 is 2.88 bits per heavy atom. The zero-order valence-corrected chi connectivity index (χ0v) is 14.5. The van der Waals surface area contributed by atoms with Gasteiger partial charge in [-0.3, -0.25) is 14.5 Å². The molecule has 0 aromatic heterocycles. The Morgan fingerprint density at radius 2 is 2.17 bits per heavy atom. The number of carbonyl (C=O) groups is 2. The van der Waals surface area contributed by atoms with E-state index in [9.17, 15) is 9.59 Å². The van der Waals surface area contributed by atoms with Crippen LogP contribution in [0.4, 0.5) is 0 Å². The number of nitrogens with zero attached hydrogens (tertiary/aromatic N) is 2. The fraction of sp³-hybridized carbons (Fsp3) is 0.444. The fourth-order valence-electron chi connectivity index (χ4n) is 2.67. The standard InChI is InChI=1S/C18H25N3O3/c1-20(2)17(22)13-15-18(23)19-10-12-21(15)11-6-8-14-7-4-5-9-16(14)24-3/h4-9,15H,10-13H2,1-3H3,(H,19,23)/b8-6+/t15-/m0/s1. The average Bonchev–Trinajstić information content (AvgIpc) is 2.57. The molecule has 6 nitrogen and oxygen atoms in total. The van der Waals surface area contributed by atoms with E-state index in [-0.39, 0.29) is 18.2 Å². The molecule has 130 valence electrons. The van der Waals surface area contributed by atoms with Crippen molar-refractivity contribution in [3.8, 4) is 5.75 Å². The molecule has 1 aliphatic heterocycles. The molecule has 1 aromatic carbocycles. The van der Waals surface area contributed by atoms with Gasteiger partial charge in [0.2, 0.25) is 11.8 Å². The van der Waals surface area contributed by atoms with E-state index in [1.807, 2.05) is 41.3 Å². The highest BCUT2D eigenvalue weighted by Crippen LogP contribution is 2.19. The molecule has 1 aromatic rings. The molecule has 1 aliphatic rings. The number of piperazine rings is 1. The van der Waals surface area contributed by atoms with Crippen molar-refractivity contribution in [2.24, 2.45) is 0 Å². The monoisotopic (exact) mass is 331 g/mol. The minimum Gasteiger partial charge on any atom is -0.496 e. The Bertz CT molecular complexity index is 613. The van der Waals surface area contributed by atoms with E-state index in [0.717, 1.165) is 17.9 Å². The molecule has 2 rings (SSSR count). The van der Waals surface area contributed by atoms with Gasteiger partial charge in [0.1, 0.15) is 5.75 Å². The zero-order valence-electron chi connectivity index (χ0n) is 14.5. The smallest absolute Gasteiger partial charge is 0.237 e. The van der Waals surface area contributed by atoms with Gasteiger partial charge in [-0.1, -0.05) is 30.4 Å². The third kappa shape index (κ3) is 4.58. The first kappa shape index (κ1) is 18.0. The van der Waals surface area contributed by atoms with Gasteiger partial charge in [-0.15, -0.1) is 0 Å². The van der Waals surface area contributed by atoms with Crippen molar-refractivity contribution in [1.82, 2.24) is 15.1 Å². The molecular weight excluding hydrogens is 306 g/mol. The van der Waals surface area contributed by atoms with Crippen LogP contribution in [0.15, 0.2) is 30.3 Å². The van der Waals surface area contributed by atoms with E-state index in [0.29, 0.717) is 13.1 Å². The molecule has 24 heavy (non-hydrogen) atoms. The first-order chi connectivity index (χ1) is 11.5. The summed E-state index contributed by atoms with van der Waals surface area (Å²) in [5, 5.41) is 2.84. The maximum Gasteiger partial charge on any atom is 0.237 e. The largest absolute Gasteiger partial charge is 0.496 e. The number of nitrogens with one attached hydrogen (secondary N) is 1. The lowest BCUT2D eigenvalue weighted by Gasteiger charge is -2.34. The van der Waals surface area contributed by atoms with Gasteiger partial charge in [-0.05, 0) is 6.07 Å². The molecule has 1 atom stereocenters. The Hall–Kier alpha value is -2.34. The maximum absolute atomic E-state index is 12.1. The topological polar surface area (TPSA) is 61.9 Å². The van der Waals surface area contributed by atoms with Crippen LogP contribution in [0.1, 0.15) is 12.0 Å². The van der Waals surface area contributed by atoms with E-state index >= 15 is 0 Å². The SMILES string of the molecule is COc1ccccc1/C=C/CN1CCNC(=O)[C@@H]1CC(=O)N(C)C. The predicted molar refractivity (Wildman–Crippen MR) is 93.7 cm³/mol. The van der Waals surface area contributed by atoms with E-state index in [2.05, 4.69) is 5.32 Å².